The highest BCUT2D eigenvalue weighted by Gasteiger charge is 2.36. The first-order valence-electron chi connectivity index (χ1n) is 8.73. The van der Waals surface area contributed by atoms with Crippen LogP contribution in [0.25, 0.3) is 0 Å². The topological polar surface area (TPSA) is 15.3 Å². The van der Waals surface area contributed by atoms with Crippen LogP contribution >= 0.6 is 0 Å². The van der Waals surface area contributed by atoms with Crippen LogP contribution in [0.5, 0.6) is 0 Å². The van der Waals surface area contributed by atoms with E-state index in [2.05, 4.69) is 31.0 Å². The molecule has 0 aromatic rings. The molecular weight excluding hydrogens is 232 g/mol. The molecule has 2 fully saturated rings. The Hall–Kier alpha value is -0.0800. The summed E-state index contributed by atoms with van der Waals surface area (Å²) in [5, 5.41) is 3.80. The molecule has 1 N–H and O–H groups in total. The van der Waals surface area contributed by atoms with Gasteiger partial charge in [-0.3, -0.25) is 4.90 Å². The molecule has 0 amide bonds. The van der Waals surface area contributed by atoms with Gasteiger partial charge in [-0.25, -0.2) is 0 Å². The first-order chi connectivity index (χ1) is 9.26. The van der Waals surface area contributed by atoms with Crippen molar-refractivity contribution in [2.24, 2.45) is 11.8 Å². The Bertz CT molecular complexity index is 254. The summed E-state index contributed by atoms with van der Waals surface area (Å²) in [6.07, 6.45) is 9.92. The van der Waals surface area contributed by atoms with Crippen LogP contribution in [0.15, 0.2) is 0 Å². The molecule has 1 heterocycles. The predicted octanol–water partition coefficient (Wildman–Crippen LogP) is 3.67. The molecule has 4 atom stereocenters. The summed E-state index contributed by atoms with van der Waals surface area (Å²) in [5.74, 6) is 1.83. The van der Waals surface area contributed by atoms with Crippen molar-refractivity contribution in [3.05, 3.63) is 0 Å². The lowest BCUT2D eigenvalue weighted by Crippen LogP contribution is -2.47. The highest BCUT2D eigenvalue weighted by Crippen LogP contribution is 2.36. The second-order valence-corrected chi connectivity index (χ2v) is 6.84. The zero-order valence-electron chi connectivity index (χ0n) is 13.3. The fraction of sp³-hybridized carbons (Fsp3) is 1.00. The molecule has 19 heavy (non-hydrogen) atoms. The van der Waals surface area contributed by atoms with Gasteiger partial charge in [0, 0.05) is 18.6 Å². The molecule has 1 saturated carbocycles. The lowest BCUT2D eigenvalue weighted by Gasteiger charge is -2.36. The first kappa shape index (κ1) is 15.3. The van der Waals surface area contributed by atoms with Crippen LogP contribution < -0.4 is 5.32 Å². The number of nitrogens with one attached hydrogen (secondary N) is 1. The SMILES string of the molecule is CCCNC(CN1CCC2CCCCC21)C(C)CC. The van der Waals surface area contributed by atoms with E-state index < -0.39 is 0 Å². The number of hydrogen-bond donors (Lipinski definition) is 1. The number of fused-ring (bicyclic) bond motifs is 1. The van der Waals surface area contributed by atoms with E-state index in [-0.39, 0.29) is 0 Å². The average molecular weight is 266 g/mol. The zero-order valence-corrected chi connectivity index (χ0v) is 13.3. The average Bonchev–Trinajstić information content (AvgIpc) is 2.86. The third-order valence-electron chi connectivity index (χ3n) is 5.54. The van der Waals surface area contributed by atoms with Crippen molar-refractivity contribution in [3.8, 4) is 0 Å². The van der Waals surface area contributed by atoms with E-state index in [1.807, 2.05) is 0 Å². The van der Waals surface area contributed by atoms with E-state index in [0.717, 1.165) is 17.9 Å². The number of hydrogen-bond acceptors (Lipinski definition) is 2. The van der Waals surface area contributed by atoms with Crippen LogP contribution in [0.4, 0.5) is 0 Å². The van der Waals surface area contributed by atoms with E-state index in [1.54, 1.807) is 0 Å². The van der Waals surface area contributed by atoms with Gasteiger partial charge < -0.3 is 5.32 Å². The second kappa shape index (κ2) is 7.64. The molecule has 0 radical (unpaired) electrons. The Balaban J connectivity index is 1.88. The first-order valence-corrected chi connectivity index (χ1v) is 8.73. The third kappa shape index (κ3) is 3.95. The summed E-state index contributed by atoms with van der Waals surface area (Å²) in [6.45, 7) is 10.8. The van der Waals surface area contributed by atoms with Gasteiger partial charge in [0.2, 0.25) is 0 Å². The highest BCUT2D eigenvalue weighted by atomic mass is 15.2. The third-order valence-corrected chi connectivity index (χ3v) is 5.54. The summed E-state index contributed by atoms with van der Waals surface area (Å²) in [5.41, 5.74) is 0. The van der Waals surface area contributed by atoms with Crippen LogP contribution in [0.1, 0.15) is 65.7 Å². The molecule has 0 aromatic carbocycles. The largest absolute Gasteiger partial charge is 0.312 e. The lowest BCUT2D eigenvalue weighted by molar-refractivity contribution is 0.152. The van der Waals surface area contributed by atoms with E-state index >= 15 is 0 Å². The van der Waals surface area contributed by atoms with Gasteiger partial charge in [-0.05, 0) is 50.6 Å². The minimum atomic E-state index is 0.700. The molecule has 0 spiro atoms. The van der Waals surface area contributed by atoms with Crippen LogP contribution in [0, 0.1) is 11.8 Å². The van der Waals surface area contributed by atoms with Gasteiger partial charge in [0.05, 0.1) is 0 Å². The number of rotatable bonds is 7. The number of likely N-dealkylation sites (tertiary alicyclic amines) is 1. The maximum Gasteiger partial charge on any atom is 0.0220 e. The van der Waals surface area contributed by atoms with Crippen molar-refractivity contribution in [2.45, 2.75) is 77.8 Å². The summed E-state index contributed by atoms with van der Waals surface area (Å²) >= 11 is 0. The molecule has 2 rings (SSSR count). The quantitative estimate of drug-likeness (QED) is 0.756. The van der Waals surface area contributed by atoms with Gasteiger partial charge >= 0.3 is 0 Å². The smallest absolute Gasteiger partial charge is 0.0220 e. The molecule has 1 aliphatic carbocycles. The lowest BCUT2D eigenvalue weighted by atomic mass is 9.85. The molecule has 2 nitrogen and oxygen atoms in total. The van der Waals surface area contributed by atoms with Crippen molar-refractivity contribution >= 4 is 0 Å². The van der Waals surface area contributed by atoms with Gasteiger partial charge in [0.15, 0.2) is 0 Å². The Kier molecular flexibility index (Phi) is 6.15. The molecule has 2 aliphatic rings. The molecule has 1 saturated heterocycles. The fourth-order valence-corrected chi connectivity index (χ4v) is 4.04. The minimum absolute atomic E-state index is 0.700. The number of nitrogens with zero attached hydrogens (tertiary/aromatic N) is 1. The molecule has 4 unspecified atom stereocenters. The van der Waals surface area contributed by atoms with E-state index in [9.17, 15) is 0 Å². The maximum absolute atomic E-state index is 3.80. The van der Waals surface area contributed by atoms with Crippen molar-refractivity contribution < 1.29 is 0 Å². The minimum Gasteiger partial charge on any atom is -0.312 e. The summed E-state index contributed by atoms with van der Waals surface area (Å²) < 4.78 is 0. The Morgan fingerprint density at radius 1 is 1.16 bits per heavy atom. The van der Waals surface area contributed by atoms with Gasteiger partial charge in [-0.2, -0.15) is 0 Å². The van der Waals surface area contributed by atoms with Gasteiger partial charge in [-0.15, -0.1) is 0 Å². The Morgan fingerprint density at radius 2 is 1.95 bits per heavy atom. The molecule has 112 valence electrons. The predicted molar refractivity (Wildman–Crippen MR) is 83.5 cm³/mol. The van der Waals surface area contributed by atoms with Crippen molar-refractivity contribution in [1.82, 2.24) is 10.2 Å². The van der Waals surface area contributed by atoms with Gasteiger partial charge in [0.25, 0.3) is 0 Å². The monoisotopic (exact) mass is 266 g/mol. The highest BCUT2D eigenvalue weighted by molar-refractivity contribution is 4.92. The molecule has 0 bridgehead atoms. The summed E-state index contributed by atoms with van der Waals surface area (Å²) in [6, 6.07) is 1.62. The van der Waals surface area contributed by atoms with E-state index in [0.29, 0.717) is 6.04 Å². The van der Waals surface area contributed by atoms with Crippen LogP contribution in [0.3, 0.4) is 0 Å². The van der Waals surface area contributed by atoms with E-state index in [1.165, 1.54) is 64.6 Å². The molecule has 1 aliphatic heterocycles. The van der Waals surface area contributed by atoms with Crippen molar-refractivity contribution in [2.75, 3.05) is 19.6 Å². The van der Waals surface area contributed by atoms with Crippen molar-refractivity contribution in [3.63, 3.8) is 0 Å². The van der Waals surface area contributed by atoms with Crippen molar-refractivity contribution in [1.29, 1.82) is 0 Å². The summed E-state index contributed by atoms with van der Waals surface area (Å²) in [4.78, 5) is 2.82. The zero-order chi connectivity index (χ0) is 13.7. The maximum atomic E-state index is 3.80. The normalized spacial score (nSPS) is 31.1. The fourth-order valence-electron chi connectivity index (χ4n) is 4.04. The van der Waals surface area contributed by atoms with Gasteiger partial charge in [0.1, 0.15) is 0 Å². The summed E-state index contributed by atoms with van der Waals surface area (Å²) in [7, 11) is 0. The molecular formula is C17H34N2. The van der Waals surface area contributed by atoms with E-state index in [4.69, 9.17) is 0 Å². The molecule has 0 aromatic heterocycles. The second-order valence-electron chi connectivity index (χ2n) is 6.84. The van der Waals surface area contributed by atoms with Crippen LogP contribution in [-0.4, -0.2) is 36.6 Å². The van der Waals surface area contributed by atoms with Crippen LogP contribution in [-0.2, 0) is 0 Å². The Labute approximate surface area is 120 Å². The Morgan fingerprint density at radius 3 is 2.68 bits per heavy atom. The standard InChI is InChI=1S/C17H34N2/c1-4-11-18-16(14(3)5-2)13-19-12-10-15-8-6-7-9-17(15)19/h14-18H,4-13H2,1-3H3. The molecule has 2 heteroatoms. The van der Waals surface area contributed by atoms with Crippen LogP contribution in [0.2, 0.25) is 0 Å². The van der Waals surface area contributed by atoms with Gasteiger partial charge in [-0.1, -0.05) is 40.0 Å².